The molecular formula is C19H25N3. The van der Waals surface area contributed by atoms with Gasteiger partial charge in [-0.2, -0.15) is 0 Å². The summed E-state index contributed by atoms with van der Waals surface area (Å²) in [5.41, 5.74) is 11.0. The van der Waals surface area contributed by atoms with Gasteiger partial charge in [-0.15, -0.1) is 0 Å². The maximum atomic E-state index is 6.05. The number of nitrogens with zero attached hydrogens (tertiary/aromatic N) is 2. The van der Waals surface area contributed by atoms with Gasteiger partial charge >= 0.3 is 0 Å². The summed E-state index contributed by atoms with van der Waals surface area (Å²) in [6, 6.07) is 17.1. The van der Waals surface area contributed by atoms with Gasteiger partial charge in [-0.25, -0.2) is 0 Å². The van der Waals surface area contributed by atoms with E-state index in [1.165, 1.54) is 16.8 Å². The molecule has 0 atom stereocenters. The molecule has 2 N–H and O–H groups in total. The molecule has 0 aliphatic carbocycles. The second-order valence-electron chi connectivity index (χ2n) is 5.99. The van der Waals surface area contributed by atoms with E-state index in [2.05, 4.69) is 53.1 Å². The van der Waals surface area contributed by atoms with Crippen molar-refractivity contribution < 1.29 is 0 Å². The Labute approximate surface area is 133 Å². The van der Waals surface area contributed by atoms with Crippen molar-refractivity contribution in [3.8, 4) is 0 Å². The quantitative estimate of drug-likeness (QED) is 0.880. The van der Waals surface area contributed by atoms with E-state index in [1.54, 1.807) is 0 Å². The van der Waals surface area contributed by atoms with Crippen molar-refractivity contribution in [1.29, 1.82) is 0 Å². The fourth-order valence-electron chi connectivity index (χ4n) is 3.06. The minimum absolute atomic E-state index is 0.903. The average molecular weight is 295 g/mol. The van der Waals surface area contributed by atoms with E-state index in [0.717, 1.165) is 44.8 Å². The molecule has 0 unspecified atom stereocenters. The molecule has 22 heavy (non-hydrogen) atoms. The zero-order valence-electron chi connectivity index (χ0n) is 13.3. The highest BCUT2D eigenvalue weighted by atomic mass is 15.3. The lowest BCUT2D eigenvalue weighted by Crippen LogP contribution is -2.46. The van der Waals surface area contributed by atoms with E-state index >= 15 is 0 Å². The Hall–Kier alpha value is -2.00. The summed E-state index contributed by atoms with van der Waals surface area (Å²) in [6.45, 7) is 7.51. The van der Waals surface area contributed by atoms with Crippen molar-refractivity contribution in [1.82, 2.24) is 4.90 Å². The smallest absolute Gasteiger partial charge is 0.0369 e. The van der Waals surface area contributed by atoms with Crippen molar-refractivity contribution >= 4 is 11.4 Å². The predicted molar refractivity (Wildman–Crippen MR) is 94.2 cm³/mol. The number of hydrogen-bond acceptors (Lipinski definition) is 3. The lowest BCUT2D eigenvalue weighted by Gasteiger charge is -2.36. The monoisotopic (exact) mass is 295 g/mol. The Morgan fingerprint density at radius 3 is 2.45 bits per heavy atom. The van der Waals surface area contributed by atoms with Gasteiger partial charge in [0.05, 0.1) is 0 Å². The molecule has 1 aliphatic rings. The van der Waals surface area contributed by atoms with Gasteiger partial charge in [0.2, 0.25) is 0 Å². The molecule has 1 aliphatic heterocycles. The Kier molecular flexibility index (Phi) is 4.64. The van der Waals surface area contributed by atoms with Crippen LogP contribution in [0.3, 0.4) is 0 Å². The second-order valence-corrected chi connectivity index (χ2v) is 5.99. The van der Waals surface area contributed by atoms with Gasteiger partial charge < -0.3 is 10.6 Å². The van der Waals surface area contributed by atoms with Gasteiger partial charge in [0.1, 0.15) is 0 Å². The fourth-order valence-corrected chi connectivity index (χ4v) is 3.06. The molecular weight excluding hydrogens is 270 g/mol. The Balaban J connectivity index is 1.59. The maximum Gasteiger partial charge on any atom is 0.0369 e. The number of rotatable bonds is 4. The zero-order chi connectivity index (χ0) is 15.4. The average Bonchev–Trinajstić information content (AvgIpc) is 2.58. The van der Waals surface area contributed by atoms with E-state index in [1.807, 2.05) is 12.1 Å². The summed E-state index contributed by atoms with van der Waals surface area (Å²) in [5.74, 6) is 0. The van der Waals surface area contributed by atoms with Crippen LogP contribution in [0, 0.1) is 0 Å². The summed E-state index contributed by atoms with van der Waals surface area (Å²) in [5, 5.41) is 0. The molecule has 2 aromatic carbocycles. The molecule has 1 fully saturated rings. The second kappa shape index (κ2) is 6.84. The summed E-state index contributed by atoms with van der Waals surface area (Å²) in [7, 11) is 0. The first-order chi connectivity index (χ1) is 10.8. The van der Waals surface area contributed by atoms with Crippen molar-refractivity contribution in [3.05, 3.63) is 59.7 Å². The molecule has 1 heterocycles. The normalized spacial score (nSPS) is 16.0. The van der Waals surface area contributed by atoms with Crippen molar-refractivity contribution in [2.75, 3.05) is 36.8 Å². The first kappa shape index (κ1) is 14.9. The Morgan fingerprint density at radius 2 is 1.73 bits per heavy atom. The van der Waals surface area contributed by atoms with E-state index in [4.69, 9.17) is 5.73 Å². The minimum atomic E-state index is 0.903. The van der Waals surface area contributed by atoms with Crippen LogP contribution in [-0.4, -0.2) is 31.1 Å². The van der Waals surface area contributed by atoms with Crippen LogP contribution in [0.25, 0.3) is 0 Å². The van der Waals surface area contributed by atoms with Gasteiger partial charge in [-0.3, -0.25) is 4.90 Å². The molecule has 0 saturated carbocycles. The van der Waals surface area contributed by atoms with E-state index in [0.29, 0.717) is 0 Å². The number of hydrogen-bond donors (Lipinski definition) is 1. The van der Waals surface area contributed by atoms with E-state index < -0.39 is 0 Å². The number of benzene rings is 2. The third kappa shape index (κ3) is 3.42. The van der Waals surface area contributed by atoms with Gasteiger partial charge in [0, 0.05) is 44.1 Å². The van der Waals surface area contributed by atoms with Gasteiger partial charge in [0.15, 0.2) is 0 Å². The van der Waals surface area contributed by atoms with E-state index in [-0.39, 0.29) is 0 Å². The number of nitrogens with two attached hydrogens (primary N) is 1. The molecule has 3 rings (SSSR count). The van der Waals surface area contributed by atoms with E-state index in [9.17, 15) is 0 Å². The van der Waals surface area contributed by atoms with Crippen molar-refractivity contribution in [2.45, 2.75) is 19.9 Å². The van der Waals surface area contributed by atoms with Crippen LogP contribution in [0.2, 0.25) is 0 Å². The third-order valence-corrected chi connectivity index (χ3v) is 4.51. The van der Waals surface area contributed by atoms with Crippen LogP contribution in [0.4, 0.5) is 11.4 Å². The molecule has 1 saturated heterocycles. The summed E-state index contributed by atoms with van der Waals surface area (Å²) >= 11 is 0. The van der Waals surface area contributed by atoms with Gasteiger partial charge in [0.25, 0.3) is 0 Å². The lowest BCUT2D eigenvalue weighted by molar-refractivity contribution is 0.250. The van der Waals surface area contributed by atoms with Crippen LogP contribution in [0.15, 0.2) is 48.5 Å². The molecule has 0 spiro atoms. The Morgan fingerprint density at radius 1 is 0.955 bits per heavy atom. The first-order valence-corrected chi connectivity index (χ1v) is 8.16. The highest BCUT2D eigenvalue weighted by Crippen LogP contribution is 2.20. The molecule has 3 nitrogen and oxygen atoms in total. The molecule has 0 radical (unpaired) electrons. The summed E-state index contributed by atoms with van der Waals surface area (Å²) in [6.07, 6.45) is 1.10. The van der Waals surface area contributed by atoms with Crippen LogP contribution in [0.5, 0.6) is 0 Å². The fraction of sp³-hybridized carbons (Fsp3) is 0.368. The maximum absolute atomic E-state index is 6.05. The Bertz CT molecular complexity index is 616. The molecule has 0 amide bonds. The van der Waals surface area contributed by atoms with Crippen LogP contribution in [0.1, 0.15) is 18.1 Å². The number of piperazine rings is 1. The number of aryl methyl sites for hydroxylation is 1. The van der Waals surface area contributed by atoms with Crippen LogP contribution >= 0.6 is 0 Å². The van der Waals surface area contributed by atoms with Crippen molar-refractivity contribution in [2.24, 2.45) is 0 Å². The number of anilines is 2. The highest BCUT2D eigenvalue weighted by molar-refractivity contribution is 5.49. The third-order valence-electron chi connectivity index (χ3n) is 4.51. The van der Waals surface area contributed by atoms with Gasteiger partial charge in [-0.1, -0.05) is 37.3 Å². The molecule has 116 valence electrons. The molecule has 2 aromatic rings. The summed E-state index contributed by atoms with van der Waals surface area (Å²) in [4.78, 5) is 4.98. The summed E-state index contributed by atoms with van der Waals surface area (Å²) < 4.78 is 0. The standard InChI is InChI=1S/C19H25N3/c1-2-16-6-5-8-18(14-16)22-12-10-21(11-13-22)15-17-7-3-4-9-19(17)20/h3-9,14H,2,10-13,15,20H2,1H3. The number of nitrogen functional groups attached to an aromatic ring is 1. The van der Waals surface area contributed by atoms with Crippen LogP contribution in [-0.2, 0) is 13.0 Å². The first-order valence-electron chi connectivity index (χ1n) is 8.16. The molecule has 3 heteroatoms. The molecule has 0 aromatic heterocycles. The predicted octanol–water partition coefficient (Wildman–Crippen LogP) is 3.15. The minimum Gasteiger partial charge on any atom is -0.398 e. The lowest BCUT2D eigenvalue weighted by atomic mass is 10.1. The zero-order valence-corrected chi connectivity index (χ0v) is 13.3. The van der Waals surface area contributed by atoms with Gasteiger partial charge in [-0.05, 0) is 35.7 Å². The van der Waals surface area contributed by atoms with Crippen LogP contribution < -0.4 is 10.6 Å². The number of para-hydroxylation sites is 1. The topological polar surface area (TPSA) is 32.5 Å². The largest absolute Gasteiger partial charge is 0.398 e. The highest BCUT2D eigenvalue weighted by Gasteiger charge is 2.17. The SMILES string of the molecule is CCc1cccc(N2CCN(Cc3ccccc3N)CC2)c1. The molecule has 0 bridgehead atoms. The van der Waals surface area contributed by atoms with Crippen molar-refractivity contribution in [3.63, 3.8) is 0 Å².